The highest BCUT2D eigenvalue weighted by molar-refractivity contribution is 8.00. The Bertz CT molecular complexity index is 610. The summed E-state index contributed by atoms with van der Waals surface area (Å²) in [5, 5.41) is 11.3. The summed E-state index contributed by atoms with van der Waals surface area (Å²) in [5.41, 5.74) is 1.02. The highest BCUT2D eigenvalue weighted by atomic mass is 32.2. The van der Waals surface area contributed by atoms with E-state index >= 15 is 0 Å². The predicted molar refractivity (Wildman–Crippen MR) is 77.2 cm³/mol. The van der Waals surface area contributed by atoms with Crippen LogP contribution in [0.3, 0.4) is 0 Å². The number of nitrogens with zero attached hydrogens (tertiary/aromatic N) is 2. The molecule has 20 heavy (non-hydrogen) atoms. The zero-order chi connectivity index (χ0) is 13.9. The Balaban J connectivity index is 1.54. The first-order valence-electron chi connectivity index (χ1n) is 6.22. The maximum atomic E-state index is 12.8. The molecule has 104 valence electrons. The highest BCUT2D eigenvalue weighted by Crippen LogP contribution is 2.32. The van der Waals surface area contributed by atoms with E-state index in [1.807, 2.05) is 0 Å². The van der Waals surface area contributed by atoms with Gasteiger partial charge in [-0.25, -0.2) is 4.39 Å². The van der Waals surface area contributed by atoms with Crippen LogP contribution in [0.5, 0.6) is 0 Å². The molecule has 1 N–H and O–H groups in total. The Labute approximate surface area is 123 Å². The first kappa shape index (κ1) is 13.5. The summed E-state index contributed by atoms with van der Waals surface area (Å²) in [6.45, 7) is 0. The summed E-state index contributed by atoms with van der Waals surface area (Å²) >= 11 is 2.89. The molecular formula is C13H12FN3OS2. The van der Waals surface area contributed by atoms with E-state index in [9.17, 15) is 9.18 Å². The molecule has 3 rings (SSSR count). The number of thioether (sulfide) groups is 1. The number of aromatic nitrogens is 2. The number of hydrogen-bond acceptors (Lipinski definition) is 5. The maximum Gasteiger partial charge on any atom is 0.229 e. The van der Waals surface area contributed by atoms with Gasteiger partial charge in [0.15, 0.2) is 4.34 Å². The van der Waals surface area contributed by atoms with E-state index < -0.39 is 0 Å². The van der Waals surface area contributed by atoms with Gasteiger partial charge in [0, 0.05) is 11.7 Å². The van der Waals surface area contributed by atoms with E-state index in [4.69, 9.17) is 0 Å². The van der Waals surface area contributed by atoms with E-state index in [0.29, 0.717) is 10.9 Å². The van der Waals surface area contributed by atoms with Crippen molar-refractivity contribution >= 4 is 34.1 Å². The van der Waals surface area contributed by atoms with Crippen molar-refractivity contribution in [2.24, 2.45) is 5.92 Å². The Morgan fingerprint density at radius 3 is 2.80 bits per heavy atom. The lowest BCUT2D eigenvalue weighted by atomic mass is 10.2. The van der Waals surface area contributed by atoms with E-state index in [1.54, 1.807) is 12.1 Å². The summed E-state index contributed by atoms with van der Waals surface area (Å²) in [4.78, 5) is 11.6. The van der Waals surface area contributed by atoms with E-state index in [1.165, 1.54) is 35.2 Å². The van der Waals surface area contributed by atoms with Gasteiger partial charge >= 0.3 is 0 Å². The topological polar surface area (TPSA) is 54.9 Å². The summed E-state index contributed by atoms with van der Waals surface area (Å²) < 4.78 is 13.6. The number of carbonyl (C=O) groups is 1. The van der Waals surface area contributed by atoms with Crippen LogP contribution in [-0.2, 0) is 10.5 Å². The number of rotatable bonds is 5. The lowest BCUT2D eigenvalue weighted by molar-refractivity contribution is -0.117. The SMILES string of the molecule is O=C(Nc1nnc(SCc2ccc(F)cc2)s1)C1CC1. The molecular weight excluding hydrogens is 297 g/mol. The molecule has 1 aliphatic rings. The average Bonchev–Trinajstić information content (AvgIpc) is 3.20. The smallest absolute Gasteiger partial charge is 0.229 e. The van der Waals surface area contributed by atoms with E-state index in [-0.39, 0.29) is 17.6 Å². The molecule has 0 bridgehead atoms. The Morgan fingerprint density at radius 1 is 1.35 bits per heavy atom. The lowest BCUT2D eigenvalue weighted by Gasteiger charge is -1.98. The van der Waals surface area contributed by atoms with Crippen LogP contribution >= 0.6 is 23.1 Å². The monoisotopic (exact) mass is 309 g/mol. The molecule has 2 aromatic rings. The molecule has 1 aromatic heterocycles. The van der Waals surface area contributed by atoms with Gasteiger partial charge < -0.3 is 5.32 Å². The van der Waals surface area contributed by atoms with Crippen LogP contribution in [0.1, 0.15) is 18.4 Å². The molecule has 1 aromatic carbocycles. The molecule has 1 aliphatic carbocycles. The van der Waals surface area contributed by atoms with Crippen molar-refractivity contribution < 1.29 is 9.18 Å². The van der Waals surface area contributed by atoms with Crippen molar-refractivity contribution in [2.75, 3.05) is 5.32 Å². The molecule has 0 radical (unpaired) electrons. The second-order valence-corrected chi connectivity index (χ2v) is 6.75. The molecule has 0 saturated heterocycles. The minimum atomic E-state index is -0.236. The first-order chi connectivity index (χ1) is 9.70. The fourth-order valence-corrected chi connectivity index (χ4v) is 3.31. The number of halogens is 1. The summed E-state index contributed by atoms with van der Waals surface area (Å²) in [6.07, 6.45) is 1.94. The van der Waals surface area contributed by atoms with Crippen LogP contribution in [0, 0.1) is 11.7 Å². The van der Waals surface area contributed by atoms with Crippen molar-refractivity contribution in [3.8, 4) is 0 Å². The predicted octanol–water partition coefficient (Wildman–Crippen LogP) is 3.32. The van der Waals surface area contributed by atoms with Crippen molar-refractivity contribution in [3.63, 3.8) is 0 Å². The average molecular weight is 309 g/mol. The minimum Gasteiger partial charge on any atom is -0.300 e. The van der Waals surface area contributed by atoms with Crippen LogP contribution in [0.2, 0.25) is 0 Å². The van der Waals surface area contributed by atoms with Crippen LogP contribution in [-0.4, -0.2) is 16.1 Å². The quantitative estimate of drug-likeness (QED) is 0.680. The Kier molecular flexibility index (Phi) is 3.98. The summed E-state index contributed by atoms with van der Waals surface area (Å²) in [6, 6.07) is 6.38. The van der Waals surface area contributed by atoms with Gasteiger partial charge in [-0.15, -0.1) is 10.2 Å². The van der Waals surface area contributed by atoms with Gasteiger partial charge in [0.25, 0.3) is 0 Å². The summed E-state index contributed by atoms with van der Waals surface area (Å²) in [5.74, 6) is 0.663. The van der Waals surface area contributed by atoms with E-state index in [2.05, 4.69) is 15.5 Å². The van der Waals surface area contributed by atoms with Gasteiger partial charge in [-0.2, -0.15) is 0 Å². The third kappa shape index (κ3) is 3.55. The zero-order valence-electron chi connectivity index (χ0n) is 10.5. The Hall–Kier alpha value is -1.47. The number of hydrogen-bond donors (Lipinski definition) is 1. The van der Waals surface area contributed by atoms with Crippen LogP contribution in [0.15, 0.2) is 28.6 Å². The van der Waals surface area contributed by atoms with Crippen LogP contribution in [0.4, 0.5) is 9.52 Å². The van der Waals surface area contributed by atoms with Crippen LogP contribution < -0.4 is 5.32 Å². The lowest BCUT2D eigenvalue weighted by Crippen LogP contribution is -2.12. The highest BCUT2D eigenvalue weighted by Gasteiger charge is 2.30. The fourth-order valence-electron chi connectivity index (χ4n) is 1.60. The summed E-state index contributed by atoms with van der Waals surface area (Å²) in [7, 11) is 0. The maximum absolute atomic E-state index is 12.8. The molecule has 7 heteroatoms. The van der Waals surface area contributed by atoms with Crippen LogP contribution in [0.25, 0.3) is 0 Å². The molecule has 0 aliphatic heterocycles. The van der Waals surface area contributed by atoms with Crippen molar-refractivity contribution in [2.45, 2.75) is 22.9 Å². The van der Waals surface area contributed by atoms with Gasteiger partial charge in [0.05, 0.1) is 0 Å². The van der Waals surface area contributed by atoms with Gasteiger partial charge in [-0.1, -0.05) is 35.2 Å². The van der Waals surface area contributed by atoms with Crippen molar-refractivity contribution in [3.05, 3.63) is 35.6 Å². The second kappa shape index (κ2) is 5.88. The molecule has 0 unspecified atom stereocenters. The molecule has 1 heterocycles. The third-order valence-corrected chi connectivity index (χ3v) is 4.90. The van der Waals surface area contributed by atoms with Gasteiger partial charge in [-0.05, 0) is 30.5 Å². The molecule has 1 fully saturated rings. The van der Waals surface area contributed by atoms with E-state index in [0.717, 1.165) is 22.7 Å². The fraction of sp³-hybridized carbons (Fsp3) is 0.308. The molecule has 0 atom stereocenters. The largest absolute Gasteiger partial charge is 0.300 e. The second-order valence-electron chi connectivity index (χ2n) is 4.55. The number of nitrogens with one attached hydrogen (secondary N) is 1. The zero-order valence-corrected chi connectivity index (χ0v) is 12.1. The van der Waals surface area contributed by atoms with Gasteiger partial charge in [0.2, 0.25) is 11.0 Å². The number of benzene rings is 1. The number of amides is 1. The minimum absolute atomic E-state index is 0.0382. The number of anilines is 1. The van der Waals surface area contributed by atoms with Gasteiger partial charge in [0.1, 0.15) is 5.82 Å². The van der Waals surface area contributed by atoms with Crippen molar-refractivity contribution in [1.29, 1.82) is 0 Å². The molecule has 1 saturated carbocycles. The normalized spacial score (nSPS) is 14.2. The first-order valence-corrected chi connectivity index (χ1v) is 8.02. The molecule has 1 amide bonds. The number of carbonyl (C=O) groups excluding carboxylic acids is 1. The van der Waals surface area contributed by atoms with Gasteiger partial charge in [-0.3, -0.25) is 4.79 Å². The Morgan fingerprint density at radius 2 is 2.10 bits per heavy atom. The molecule has 4 nitrogen and oxygen atoms in total. The van der Waals surface area contributed by atoms with Crippen molar-refractivity contribution in [1.82, 2.24) is 10.2 Å². The standard InChI is InChI=1S/C13H12FN3OS2/c14-10-5-1-8(2-6-10)7-19-13-17-16-12(20-13)15-11(18)9-3-4-9/h1-2,5-6,9H,3-4,7H2,(H,15,16,18). The molecule has 0 spiro atoms. The third-order valence-electron chi connectivity index (χ3n) is 2.86.